The molecule has 0 heterocycles. The van der Waals surface area contributed by atoms with E-state index in [1.54, 1.807) is 0 Å². The zero-order valence-electron chi connectivity index (χ0n) is 18.9. The first-order valence-electron chi connectivity index (χ1n) is 10.2. The van der Waals surface area contributed by atoms with E-state index >= 15 is 0 Å². The Morgan fingerprint density at radius 1 is 0.857 bits per heavy atom. The molecular formula is C20H28I3N3O9. The number of carbonyl (C=O) groups is 3. The van der Waals surface area contributed by atoms with Gasteiger partial charge in [0.15, 0.2) is 0 Å². The van der Waals surface area contributed by atoms with Crippen molar-refractivity contribution in [3.05, 3.63) is 21.8 Å². The smallest absolute Gasteiger partial charge is 0.253 e. The van der Waals surface area contributed by atoms with Crippen molar-refractivity contribution in [2.75, 3.05) is 51.5 Å². The molecule has 0 spiro atoms. The van der Waals surface area contributed by atoms with E-state index in [-0.39, 0.29) is 46.6 Å². The lowest BCUT2D eigenvalue weighted by molar-refractivity contribution is -0.117. The summed E-state index contributed by atoms with van der Waals surface area (Å²) in [5, 5.41) is 52.6. The van der Waals surface area contributed by atoms with Gasteiger partial charge in [0.1, 0.15) is 0 Å². The van der Waals surface area contributed by atoms with E-state index in [1.807, 2.05) is 67.8 Å². The summed E-state index contributed by atoms with van der Waals surface area (Å²) < 4.78 is 5.83. The Morgan fingerprint density at radius 2 is 1.29 bits per heavy atom. The Hall–Kier alpha value is -0.420. The molecule has 0 aliphatic heterocycles. The van der Waals surface area contributed by atoms with Crippen molar-refractivity contribution in [1.82, 2.24) is 10.6 Å². The van der Waals surface area contributed by atoms with Crippen LogP contribution in [0.4, 0.5) is 5.69 Å². The Bertz CT molecular complexity index is 867. The zero-order chi connectivity index (χ0) is 26.9. The highest BCUT2D eigenvalue weighted by atomic mass is 127. The summed E-state index contributed by atoms with van der Waals surface area (Å²) in [7, 11) is 1.40. The molecule has 12 nitrogen and oxygen atoms in total. The van der Waals surface area contributed by atoms with Crippen LogP contribution in [0.15, 0.2) is 0 Å². The lowest BCUT2D eigenvalue weighted by Gasteiger charge is -2.29. The number of hydrogen-bond acceptors (Lipinski definition) is 9. The van der Waals surface area contributed by atoms with Crippen LogP contribution in [0.1, 0.15) is 27.6 Å². The fourth-order valence-electron chi connectivity index (χ4n) is 2.85. The summed E-state index contributed by atoms with van der Waals surface area (Å²) >= 11 is 5.57. The second-order valence-corrected chi connectivity index (χ2v) is 10.6. The number of nitrogens with zero attached hydrogens (tertiary/aromatic N) is 1. The number of aliphatic hydroxyl groups is 5. The van der Waals surface area contributed by atoms with Gasteiger partial charge < -0.3 is 45.8 Å². The van der Waals surface area contributed by atoms with Crippen LogP contribution in [0.5, 0.6) is 0 Å². The van der Waals surface area contributed by atoms with Gasteiger partial charge in [-0.1, -0.05) is 0 Å². The van der Waals surface area contributed by atoms with Crippen molar-refractivity contribution >= 4 is 91.2 Å². The third kappa shape index (κ3) is 9.13. The minimum absolute atomic E-state index is 0.0482. The van der Waals surface area contributed by atoms with Gasteiger partial charge in [-0.2, -0.15) is 0 Å². The fourth-order valence-corrected chi connectivity index (χ4v) is 7.57. The van der Waals surface area contributed by atoms with Crippen molar-refractivity contribution < 1.29 is 44.7 Å². The molecule has 0 aliphatic carbocycles. The van der Waals surface area contributed by atoms with Crippen molar-refractivity contribution in [3.8, 4) is 0 Å². The molecule has 0 saturated carbocycles. The predicted molar refractivity (Wildman–Crippen MR) is 151 cm³/mol. The summed E-state index contributed by atoms with van der Waals surface area (Å²) in [5.41, 5.74) is 0.314. The first-order valence-corrected chi connectivity index (χ1v) is 13.4. The van der Waals surface area contributed by atoms with Gasteiger partial charge in [-0.25, -0.2) is 0 Å². The maximum atomic E-state index is 13.1. The molecule has 0 bridgehead atoms. The molecule has 1 aromatic rings. The minimum Gasteiger partial charge on any atom is -0.394 e. The SMILES string of the molecule is COC[C@H](O)CN(C(C)=O)c1c(I)c(C(=O)NC[C@@H](O)CO)c(I)c(C(=O)NC[C@@H](O)CO)c1I. The van der Waals surface area contributed by atoms with Gasteiger partial charge >= 0.3 is 0 Å². The minimum atomic E-state index is -1.20. The quantitative estimate of drug-likeness (QED) is 0.123. The van der Waals surface area contributed by atoms with E-state index in [0.29, 0.717) is 7.14 Å². The number of aliphatic hydroxyl groups excluding tert-OH is 5. The van der Waals surface area contributed by atoms with Crippen molar-refractivity contribution in [3.63, 3.8) is 0 Å². The highest BCUT2D eigenvalue weighted by molar-refractivity contribution is 14.1. The van der Waals surface area contributed by atoms with E-state index < -0.39 is 49.2 Å². The average Bonchev–Trinajstić information content (AvgIpc) is 2.80. The van der Waals surface area contributed by atoms with Crippen LogP contribution in [0.2, 0.25) is 0 Å². The molecule has 198 valence electrons. The van der Waals surface area contributed by atoms with Crippen LogP contribution in [-0.2, 0) is 9.53 Å². The van der Waals surface area contributed by atoms with Crippen molar-refractivity contribution in [2.24, 2.45) is 0 Å². The molecule has 0 aromatic heterocycles. The normalized spacial score (nSPS) is 13.7. The fraction of sp³-hybridized carbons (Fsp3) is 0.550. The van der Waals surface area contributed by atoms with Gasteiger partial charge in [-0.3, -0.25) is 14.4 Å². The number of benzene rings is 1. The third-order valence-corrected chi connectivity index (χ3v) is 7.75. The molecule has 7 N–H and O–H groups in total. The largest absolute Gasteiger partial charge is 0.394 e. The lowest BCUT2D eigenvalue weighted by Crippen LogP contribution is -2.41. The summed E-state index contributed by atoms with van der Waals surface area (Å²) in [6.07, 6.45) is -3.44. The van der Waals surface area contributed by atoms with Gasteiger partial charge in [0.2, 0.25) is 5.91 Å². The molecule has 0 radical (unpaired) electrons. The third-order valence-electron chi connectivity index (χ3n) is 4.57. The second-order valence-electron chi connectivity index (χ2n) is 7.37. The van der Waals surface area contributed by atoms with Crippen LogP contribution in [-0.4, -0.2) is 108 Å². The Morgan fingerprint density at radius 3 is 1.63 bits per heavy atom. The number of ether oxygens (including phenoxy) is 1. The van der Waals surface area contributed by atoms with Crippen molar-refractivity contribution in [2.45, 2.75) is 25.2 Å². The van der Waals surface area contributed by atoms with E-state index in [9.17, 15) is 29.7 Å². The maximum Gasteiger partial charge on any atom is 0.253 e. The van der Waals surface area contributed by atoms with Crippen molar-refractivity contribution in [1.29, 1.82) is 0 Å². The summed E-state index contributed by atoms with van der Waals surface area (Å²) in [6, 6.07) is 0. The van der Waals surface area contributed by atoms with Crippen LogP contribution in [0.3, 0.4) is 0 Å². The number of halogens is 3. The number of methoxy groups -OCH3 is 1. The molecular weight excluding hydrogens is 807 g/mol. The van der Waals surface area contributed by atoms with E-state index in [2.05, 4.69) is 10.6 Å². The van der Waals surface area contributed by atoms with Crippen LogP contribution in [0, 0.1) is 10.7 Å². The number of hydrogen-bond donors (Lipinski definition) is 7. The van der Waals surface area contributed by atoms with E-state index in [4.69, 9.17) is 14.9 Å². The Labute approximate surface area is 243 Å². The molecule has 1 aromatic carbocycles. The van der Waals surface area contributed by atoms with Gasteiger partial charge in [0.25, 0.3) is 11.8 Å². The first kappa shape index (κ1) is 32.6. The summed E-state index contributed by atoms with van der Waals surface area (Å²) in [5.74, 6) is -1.77. The predicted octanol–water partition coefficient (Wildman–Crippen LogP) is -0.973. The molecule has 0 unspecified atom stereocenters. The van der Waals surface area contributed by atoms with Gasteiger partial charge in [-0.05, 0) is 67.8 Å². The van der Waals surface area contributed by atoms with E-state index in [1.165, 1.54) is 18.9 Å². The van der Waals surface area contributed by atoms with Gasteiger partial charge in [-0.15, -0.1) is 0 Å². The highest BCUT2D eigenvalue weighted by Crippen LogP contribution is 2.38. The lowest BCUT2D eigenvalue weighted by atomic mass is 10.1. The molecule has 15 heteroatoms. The molecule has 3 amide bonds. The van der Waals surface area contributed by atoms with Crippen LogP contribution < -0.4 is 15.5 Å². The number of rotatable bonds is 13. The topological polar surface area (TPSA) is 189 Å². The summed E-state index contributed by atoms with van der Waals surface area (Å²) in [6.45, 7) is -0.597. The molecule has 1 rings (SSSR count). The zero-order valence-corrected chi connectivity index (χ0v) is 25.4. The number of amides is 3. The van der Waals surface area contributed by atoms with Gasteiger partial charge in [0.05, 0.1) is 68.6 Å². The molecule has 0 fully saturated rings. The Kier molecular flexibility index (Phi) is 14.7. The maximum absolute atomic E-state index is 13.1. The molecule has 35 heavy (non-hydrogen) atoms. The van der Waals surface area contributed by atoms with Crippen LogP contribution in [0.25, 0.3) is 0 Å². The number of carbonyl (C=O) groups excluding carboxylic acids is 3. The van der Waals surface area contributed by atoms with Gasteiger partial charge in [0, 0.05) is 30.7 Å². The summed E-state index contributed by atoms with van der Waals surface area (Å²) in [4.78, 5) is 40.0. The molecule has 0 saturated heterocycles. The average molecular weight is 835 g/mol. The monoisotopic (exact) mass is 835 g/mol. The molecule has 3 atom stereocenters. The van der Waals surface area contributed by atoms with Crippen LogP contribution >= 0.6 is 67.8 Å². The number of anilines is 1. The second kappa shape index (κ2) is 15.7. The number of nitrogens with one attached hydrogen (secondary N) is 2. The standard InChI is InChI=1S/C20H28I3N3O9/c1-9(29)26(5-12(32)8-35-2)18-16(22)13(19(33)24-3-10(30)6-27)15(21)14(17(18)23)20(34)25-4-11(31)7-28/h10-12,27-28,30-32H,3-8H2,1-2H3,(H,24,33)(H,25,34)/t10-,11-,12-/m1/s1. The first-order chi connectivity index (χ1) is 16.4. The highest BCUT2D eigenvalue weighted by Gasteiger charge is 2.32. The van der Waals surface area contributed by atoms with E-state index in [0.717, 1.165) is 0 Å². The Balaban J connectivity index is 3.72. The molecule has 0 aliphatic rings.